The Balaban J connectivity index is 1.85. The van der Waals surface area contributed by atoms with Gasteiger partial charge in [-0.2, -0.15) is 4.72 Å². The van der Waals surface area contributed by atoms with Crippen molar-refractivity contribution in [3.8, 4) is 5.75 Å². The predicted molar refractivity (Wildman–Crippen MR) is 115 cm³/mol. The Labute approximate surface area is 181 Å². The van der Waals surface area contributed by atoms with E-state index in [9.17, 15) is 17.6 Å². The molecule has 31 heavy (non-hydrogen) atoms. The number of methoxy groups -OCH3 is 1. The van der Waals surface area contributed by atoms with Crippen LogP contribution < -0.4 is 14.8 Å². The van der Waals surface area contributed by atoms with Crippen molar-refractivity contribution in [3.05, 3.63) is 95.8 Å². The van der Waals surface area contributed by atoms with Gasteiger partial charge in [0.25, 0.3) is 0 Å². The summed E-state index contributed by atoms with van der Waals surface area (Å²) in [5, 5.41) is 2.76. The Morgan fingerprint density at radius 1 is 0.968 bits per heavy atom. The Kier molecular flexibility index (Phi) is 7.38. The molecule has 0 fully saturated rings. The van der Waals surface area contributed by atoms with Crippen molar-refractivity contribution in [3.63, 3.8) is 0 Å². The summed E-state index contributed by atoms with van der Waals surface area (Å²) in [5.41, 5.74) is 1.65. The van der Waals surface area contributed by atoms with E-state index in [1.807, 2.05) is 36.4 Å². The molecule has 0 radical (unpaired) electrons. The molecular weight excluding hydrogens is 419 g/mol. The average molecular weight is 443 g/mol. The number of carbonyl (C=O) groups is 1. The number of sulfonamides is 1. The molecule has 0 saturated carbocycles. The Morgan fingerprint density at radius 3 is 2.19 bits per heavy atom. The first-order valence-electron chi connectivity index (χ1n) is 9.60. The fourth-order valence-corrected chi connectivity index (χ4v) is 4.43. The van der Waals surface area contributed by atoms with Gasteiger partial charge in [0.05, 0.1) is 7.11 Å². The summed E-state index contributed by atoms with van der Waals surface area (Å²) in [5.74, 6) is -1.24. The summed E-state index contributed by atoms with van der Waals surface area (Å²) >= 11 is 0. The standard InChI is InChI=1S/C23H23FN2O4S/c1-30-21-13-12-19(24)15-22(21)31(28,29)26-20(14-17-8-4-2-5-9-17)23(27)25-16-18-10-6-3-7-11-18/h2-13,15,20,26H,14,16H2,1H3,(H,25,27). The van der Waals surface area contributed by atoms with Crippen LogP contribution in [0.4, 0.5) is 4.39 Å². The summed E-state index contributed by atoms with van der Waals surface area (Å²) < 4.78 is 47.2. The number of hydrogen-bond acceptors (Lipinski definition) is 4. The maximum atomic E-state index is 13.7. The van der Waals surface area contributed by atoms with Gasteiger partial charge >= 0.3 is 0 Å². The van der Waals surface area contributed by atoms with Crippen LogP contribution in [0.1, 0.15) is 11.1 Å². The van der Waals surface area contributed by atoms with Gasteiger partial charge in [-0.1, -0.05) is 60.7 Å². The van der Waals surface area contributed by atoms with Crippen molar-refractivity contribution < 1.29 is 22.3 Å². The lowest BCUT2D eigenvalue weighted by atomic mass is 10.1. The van der Waals surface area contributed by atoms with E-state index in [0.29, 0.717) is 0 Å². The van der Waals surface area contributed by atoms with Crippen LogP contribution in [0.15, 0.2) is 83.8 Å². The van der Waals surface area contributed by atoms with Gasteiger partial charge in [0.1, 0.15) is 22.5 Å². The molecule has 0 heterocycles. The van der Waals surface area contributed by atoms with E-state index in [-0.39, 0.29) is 23.6 Å². The van der Waals surface area contributed by atoms with E-state index in [2.05, 4.69) is 10.0 Å². The van der Waals surface area contributed by atoms with Crippen LogP contribution in [-0.2, 0) is 27.8 Å². The third-order valence-electron chi connectivity index (χ3n) is 4.62. The maximum Gasteiger partial charge on any atom is 0.245 e. The lowest BCUT2D eigenvalue weighted by molar-refractivity contribution is -0.122. The number of hydrogen-bond donors (Lipinski definition) is 2. The first-order chi connectivity index (χ1) is 14.9. The van der Waals surface area contributed by atoms with Crippen LogP contribution in [0.5, 0.6) is 5.75 Å². The number of ether oxygens (including phenoxy) is 1. The summed E-state index contributed by atoms with van der Waals surface area (Å²) in [6.45, 7) is 0.246. The highest BCUT2D eigenvalue weighted by molar-refractivity contribution is 7.89. The van der Waals surface area contributed by atoms with Gasteiger partial charge < -0.3 is 10.1 Å². The van der Waals surface area contributed by atoms with Gasteiger partial charge in [-0.25, -0.2) is 12.8 Å². The van der Waals surface area contributed by atoms with Gasteiger partial charge in [0.2, 0.25) is 15.9 Å². The molecule has 6 nitrogen and oxygen atoms in total. The molecule has 0 aliphatic carbocycles. The normalized spacial score (nSPS) is 12.2. The summed E-state index contributed by atoms with van der Waals surface area (Å²) in [4.78, 5) is 12.5. The van der Waals surface area contributed by atoms with Gasteiger partial charge in [-0.3, -0.25) is 4.79 Å². The lowest BCUT2D eigenvalue weighted by Gasteiger charge is -2.20. The predicted octanol–water partition coefficient (Wildman–Crippen LogP) is 3.04. The highest BCUT2D eigenvalue weighted by Gasteiger charge is 2.28. The van der Waals surface area contributed by atoms with E-state index in [0.717, 1.165) is 23.3 Å². The van der Waals surface area contributed by atoms with Gasteiger partial charge in [0.15, 0.2) is 0 Å². The zero-order valence-electron chi connectivity index (χ0n) is 16.9. The highest BCUT2D eigenvalue weighted by Crippen LogP contribution is 2.24. The average Bonchev–Trinajstić information content (AvgIpc) is 2.78. The minimum absolute atomic E-state index is 0.0166. The van der Waals surface area contributed by atoms with Crippen molar-refractivity contribution in [2.45, 2.75) is 23.9 Å². The summed E-state index contributed by atoms with van der Waals surface area (Å²) in [6, 6.07) is 20.4. The molecule has 0 saturated heterocycles. The van der Waals surface area contributed by atoms with E-state index < -0.39 is 27.8 Å². The minimum Gasteiger partial charge on any atom is -0.495 e. The van der Waals surface area contributed by atoms with Gasteiger partial charge in [0, 0.05) is 6.54 Å². The van der Waals surface area contributed by atoms with Crippen molar-refractivity contribution in [1.29, 1.82) is 0 Å². The fraction of sp³-hybridized carbons (Fsp3) is 0.174. The lowest BCUT2D eigenvalue weighted by Crippen LogP contribution is -2.47. The molecule has 3 aromatic rings. The molecular formula is C23H23FN2O4S. The molecule has 0 aliphatic heterocycles. The number of benzene rings is 3. The van der Waals surface area contributed by atoms with Crippen LogP contribution in [-0.4, -0.2) is 27.5 Å². The number of carbonyl (C=O) groups excluding carboxylic acids is 1. The van der Waals surface area contributed by atoms with Crippen molar-refractivity contribution in [2.75, 3.05) is 7.11 Å². The molecule has 0 spiro atoms. The van der Waals surface area contributed by atoms with Gasteiger partial charge in [-0.05, 0) is 35.7 Å². The molecule has 1 amide bonds. The molecule has 3 rings (SSSR count). The maximum absolute atomic E-state index is 13.7. The third kappa shape index (κ3) is 6.13. The number of halogens is 1. The largest absolute Gasteiger partial charge is 0.495 e. The molecule has 8 heteroatoms. The van der Waals surface area contributed by atoms with Crippen LogP contribution in [0, 0.1) is 5.82 Å². The third-order valence-corrected chi connectivity index (χ3v) is 6.11. The molecule has 0 bridgehead atoms. The van der Waals surface area contributed by atoms with Crippen LogP contribution in [0.3, 0.4) is 0 Å². The Hall–Kier alpha value is -3.23. The molecule has 1 unspecified atom stereocenters. The fourth-order valence-electron chi connectivity index (χ4n) is 3.06. The highest BCUT2D eigenvalue weighted by atomic mass is 32.2. The smallest absolute Gasteiger partial charge is 0.245 e. The topological polar surface area (TPSA) is 84.5 Å². The van der Waals surface area contributed by atoms with Gasteiger partial charge in [-0.15, -0.1) is 0 Å². The zero-order valence-corrected chi connectivity index (χ0v) is 17.7. The molecule has 0 aromatic heterocycles. The van der Waals surface area contributed by atoms with E-state index in [4.69, 9.17) is 4.74 Å². The SMILES string of the molecule is COc1ccc(F)cc1S(=O)(=O)NC(Cc1ccccc1)C(=O)NCc1ccccc1. The van der Waals surface area contributed by atoms with E-state index >= 15 is 0 Å². The summed E-state index contributed by atoms with van der Waals surface area (Å²) in [6.07, 6.45) is 0.123. The van der Waals surface area contributed by atoms with Crippen molar-refractivity contribution in [1.82, 2.24) is 10.0 Å². The van der Waals surface area contributed by atoms with Crippen LogP contribution in [0.25, 0.3) is 0 Å². The Bertz CT molecular complexity index is 1120. The van der Waals surface area contributed by atoms with E-state index in [1.165, 1.54) is 13.2 Å². The molecule has 0 aliphatic rings. The summed E-state index contributed by atoms with van der Waals surface area (Å²) in [7, 11) is -2.96. The molecule has 1 atom stereocenters. The quantitative estimate of drug-likeness (QED) is 0.534. The number of rotatable bonds is 9. The van der Waals surface area contributed by atoms with Crippen molar-refractivity contribution >= 4 is 15.9 Å². The second-order valence-electron chi connectivity index (χ2n) is 6.86. The van der Waals surface area contributed by atoms with E-state index in [1.54, 1.807) is 24.3 Å². The zero-order chi connectivity index (χ0) is 22.3. The second-order valence-corrected chi connectivity index (χ2v) is 8.54. The van der Waals surface area contributed by atoms with Crippen molar-refractivity contribution in [2.24, 2.45) is 0 Å². The van der Waals surface area contributed by atoms with Crippen LogP contribution in [0.2, 0.25) is 0 Å². The monoisotopic (exact) mass is 442 g/mol. The number of nitrogens with one attached hydrogen (secondary N) is 2. The first-order valence-corrected chi connectivity index (χ1v) is 11.1. The Morgan fingerprint density at radius 2 is 1.58 bits per heavy atom. The van der Waals surface area contributed by atoms with Crippen LogP contribution >= 0.6 is 0 Å². The number of amides is 1. The molecule has 2 N–H and O–H groups in total. The molecule has 162 valence electrons. The first kappa shape index (κ1) is 22.5. The minimum atomic E-state index is -4.25. The second kappa shape index (κ2) is 10.2. The molecule has 3 aromatic carbocycles.